The summed E-state index contributed by atoms with van der Waals surface area (Å²) in [5, 5.41) is 0. The smallest absolute Gasteiger partial charge is 0.150 e. The van der Waals surface area contributed by atoms with Crippen LogP contribution in [0.2, 0.25) is 0 Å². The van der Waals surface area contributed by atoms with Gasteiger partial charge >= 0.3 is 0 Å². The van der Waals surface area contributed by atoms with Crippen LogP contribution < -0.4 is 9.80 Å². The van der Waals surface area contributed by atoms with Crippen LogP contribution in [-0.2, 0) is 0 Å². The zero-order valence-electron chi connectivity index (χ0n) is 20.7. The number of rotatable bonds is 7. The predicted molar refractivity (Wildman–Crippen MR) is 134 cm³/mol. The van der Waals surface area contributed by atoms with E-state index in [1.807, 2.05) is 0 Å². The standard InChI is InChI=1S/C28H40N2O/c1-18(2)23-10-9-11-24(19(3)4)27(23)29-12-13-30(17-29)28-25(20(5)6)14-22(16-31)15-26(28)21(7)8/h9-11,14-16,18-21H,12-13,17H2,1-8H3. The highest BCUT2D eigenvalue weighted by Crippen LogP contribution is 2.41. The fourth-order valence-corrected chi connectivity index (χ4v) is 4.85. The van der Waals surface area contributed by atoms with E-state index >= 15 is 0 Å². The van der Waals surface area contributed by atoms with Gasteiger partial charge in [0.25, 0.3) is 0 Å². The average molecular weight is 421 g/mol. The van der Waals surface area contributed by atoms with Crippen molar-refractivity contribution in [1.82, 2.24) is 0 Å². The molecule has 0 aromatic heterocycles. The SMILES string of the molecule is CC(C)c1cccc(C(C)C)c1N1CCN(c2c(C(C)C)cc(C=O)cc2C(C)C)C1. The number of benzene rings is 2. The van der Waals surface area contributed by atoms with Crippen molar-refractivity contribution in [3.05, 3.63) is 58.1 Å². The maximum absolute atomic E-state index is 11.6. The molecule has 0 N–H and O–H groups in total. The van der Waals surface area contributed by atoms with Crippen molar-refractivity contribution in [2.24, 2.45) is 0 Å². The highest BCUT2D eigenvalue weighted by molar-refractivity contribution is 5.79. The summed E-state index contributed by atoms with van der Waals surface area (Å²) >= 11 is 0. The number of anilines is 2. The zero-order chi connectivity index (χ0) is 22.9. The number of carbonyl (C=O) groups is 1. The molecule has 31 heavy (non-hydrogen) atoms. The van der Waals surface area contributed by atoms with Gasteiger partial charge in [0, 0.05) is 30.0 Å². The molecule has 0 atom stereocenters. The molecule has 0 bridgehead atoms. The van der Waals surface area contributed by atoms with E-state index in [0.717, 1.165) is 31.6 Å². The van der Waals surface area contributed by atoms with Gasteiger partial charge in [-0.1, -0.05) is 73.6 Å². The normalized spacial score (nSPS) is 14.6. The molecule has 0 spiro atoms. The molecule has 168 valence electrons. The van der Waals surface area contributed by atoms with Crippen LogP contribution in [0, 0.1) is 0 Å². The minimum Gasteiger partial charge on any atom is -0.352 e. The Morgan fingerprint density at radius 2 is 1.06 bits per heavy atom. The van der Waals surface area contributed by atoms with E-state index in [-0.39, 0.29) is 0 Å². The van der Waals surface area contributed by atoms with Gasteiger partial charge in [0.2, 0.25) is 0 Å². The lowest BCUT2D eigenvalue weighted by atomic mass is 9.90. The van der Waals surface area contributed by atoms with E-state index in [1.54, 1.807) is 0 Å². The molecule has 0 saturated carbocycles. The van der Waals surface area contributed by atoms with Crippen molar-refractivity contribution in [3.8, 4) is 0 Å². The van der Waals surface area contributed by atoms with Crippen LogP contribution in [0.1, 0.15) is 112 Å². The van der Waals surface area contributed by atoms with Crippen molar-refractivity contribution in [3.63, 3.8) is 0 Å². The molecular weight excluding hydrogens is 380 g/mol. The maximum atomic E-state index is 11.6. The summed E-state index contributed by atoms with van der Waals surface area (Å²) in [5.74, 6) is 1.73. The van der Waals surface area contributed by atoms with E-state index in [1.165, 1.54) is 33.6 Å². The lowest BCUT2D eigenvalue weighted by Gasteiger charge is -2.31. The molecule has 2 aromatic carbocycles. The molecule has 0 aliphatic carbocycles. The van der Waals surface area contributed by atoms with Gasteiger partial charge in [-0.15, -0.1) is 0 Å². The van der Waals surface area contributed by atoms with Gasteiger partial charge in [-0.25, -0.2) is 0 Å². The quantitative estimate of drug-likeness (QED) is 0.440. The second kappa shape index (κ2) is 9.46. The summed E-state index contributed by atoms with van der Waals surface area (Å²) in [6.07, 6.45) is 0.992. The number of hydrogen-bond donors (Lipinski definition) is 0. The summed E-state index contributed by atoms with van der Waals surface area (Å²) in [4.78, 5) is 16.7. The van der Waals surface area contributed by atoms with E-state index in [2.05, 4.69) is 95.5 Å². The molecule has 3 rings (SSSR count). The van der Waals surface area contributed by atoms with Crippen molar-refractivity contribution in [1.29, 1.82) is 0 Å². The molecule has 3 nitrogen and oxygen atoms in total. The highest BCUT2D eigenvalue weighted by atomic mass is 16.1. The Bertz CT molecular complexity index is 871. The third-order valence-corrected chi connectivity index (χ3v) is 6.53. The summed E-state index contributed by atoms with van der Waals surface area (Å²) < 4.78 is 0. The van der Waals surface area contributed by atoms with E-state index < -0.39 is 0 Å². The maximum Gasteiger partial charge on any atom is 0.150 e. The monoisotopic (exact) mass is 420 g/mol. The predicted octanol–water partition coefficient (Wildman–Crippen LogP) is 7.28. The topological polar surface area (TPSA) is 23.6 Å². The first-order valence-corrected chi connectivity index (χ1v) is 11.9. The minimum atomic E-state index is 0.371. The molecule has 0 amide bonds. The zero-order valence-corrected chi connectivity index (χ0v) is 20.7. The van der Waals surface area contributed by atoms with E-state index in [0.29, 0.717) is 23.7 Å². The fourth-order valence-electron chi connectivity index (χ4n) is 4.85. The Kier molecular flexibility index (Phi) is 7.13. The molecule has 1 aliphatic heterocycles. The van der Waals surface area contributed by atoms with Crippen LogP contribution >= 0.6 is 0 Å². The first-order chi connectivity index (χ1) is 14.6. The van der Waals surface area contributed by atoms with Crippen molar-refractivity contribution >= 4 is 17.7 Å². The number of hydrogen-bond acceptors (Lipinski definition) is 3. The fraction of sp³-hybridized carbons (Fsp3) is 0.536. The summed E-state index contributed by atoms with van der Waals surface area (Å²) in [7, 11) is 0. The molecule has 2 aromatic rings. The van der Waals surface area contributed by atoms with Crippen molar-refractivity contribution in [2.45, 2.75) is 79.1 Å². The molecule has 1 heterocycles. The summed E-state index contributed by atoms with van der Waals surface area (Å²) in [5.41, 5.74) is 9.02. The lowest BCUT2D eigenvalue weighted by molar-refractivity contribution is 0.112. The number of para-hydroxylation sites is 1. The minimum absolute atomic E-state index is 0.371. The van der Waals surface area contributed by atoms with Gasteiger partial charge in [-0.05, 0) is 58.1 Å². The van der Waals surface area contributed by atoms with E-state index in [9.17, 15) is 4.79 Å². The second-order valence-electron chi connectivity index (χ2n) is 10.2. The Balaban J connectivity index is 2.07. The molecular formula is C28H40N2O. The van der Waals surface area contributed by atoms with E-state index in [4.69, 9.17) is 0 Å². The van der Waals surface area contributed by atoms with Gasteiger partial charge in [-0.2, -0.15) is 0 Å². The van der Waals surface area contributed by atoms with Gasteiger partial charge in [0.1, 0.15) is 6.29 Å². The van der Waals surface area contributed by atoms with Crippen LogP contribution in [0.25, 0.3) is 0 Å². The Morgan fingerprint density at radius 1 is 0.677 bits per heavy atom. The molecule has 0 unspecified atom stereocenters. The van der Waals surface area contributed by atoms with Gasteiger partial charge in [-0.3, -0.25) is 4.79 Å². The van der Waals surface area contributed by atoms with Crippen LogP contribution in [0.15, 0.2) is 30.3 Å². The van der Waals surface area contributed by atoms with Gasteiger partial charge in [0.05, 0.1) is 6.67 Å². The largest absolute Gasteiger partial charge is 0.352 e. The average Bonchev–Trinajstić information content (AvgIpc) is 3.21. The van der Waals surface area contributed by atoms with Crippen molar-refractivity contribution < 1.29 is 4.79 Å². The third kappa shape index (κ3) is 4.66. The summed E-state index contributed by atoms with van der Waals surface area (Å²) in [6, 6.07) is 11.0. The second-order valence-corrected chi connectivity index (χ2v) is 10.2. The van der Waals surface area contributed by atoms with Gasteiger partial charge in [0.15, 0.2) is 0 Å². The van der Waals surface area contributed by atoms with Crippen LogP contribution in [0.4, 0.5) is 11.4 Å². The Morgan fingerprint density at radius 3 is 1.42 bits per heavy atom. The first kappa shape index (κ1) is 23.4. The number of nitrogens with zero attached hydrogens (tertiary/aromatic N) is 2. The number of carbonyl (C=O) groups excluding carboxylic acids is 1. The van der Waals surface area contributed by atoms with Gasteiger partial charge < -0.3 is 9.80 Å². The van der Waals surface area contributed by atoms with Crippen LogP contribution in [-0.4, -0.2) is 26.0 Å². The van der Waals surface area contributed by atoms with Crippen LogP contribution in [0.5, 0.6) is 0 Å². The highest BCUT2D eigenvalue weighted by Gasteiger charge is 2.29. The first-order valence-electron chi connectivity index (χ1n) is 11.9. The Labute approximate surface area is 189 Å². The number of aldehydes is 1. The van der Waals surface area contributed by atoms with Crippen molar-refractivity contribution in [2.75, 3.05) is 29.6 Å². The molecule has 0 radical (unpaired) electrons. The lowest BCUT2D eigenvalue weighted by Crippen LogP contribution is -2.28. The molecule has 1 saturated heterocycles. The Hall–Kier alpha value is -2.29. The molecule has 3 heteroatoms. The van der Waals surface area contributed by atoms with Crippen LogP contribution in [0.3, 0.4) is 0 Å². The summed E-state index contributed by atoms with van der Waals surface area (Å²) in [6.45, 7) is 21.0. The molecule has 1 fully saturated rings. The third-order valence-electron chi connectivity index (χ3n) is 6.53. The molecule has 1 aliphatic rings.